The summed E-state index contributed by atoms with van der Waals surface area (Å²) in [7, 11) is 0. The number of para-hydroxylation sites is 1. The standard InChI is InChI=1S/C16H17NOS/c1-12-8-9-13(2)15(10-12)19-11-16(18)17-14-6-4-3-5-7-14/h3-10H,11H2,1-2H3,(H,17,18). The van der Waals surface area contributed by atoms with Gasteiger partial charge in [0.1, 0.15) is 0 Å². The average Bonchev–Trinajstić information content (AvgIpc) is 2.41. The zero-order valence-electron chi connectivity index (χ0n) is 11.1. The summed E-state index contributed by atoms with van der Waals surface area (Å²) in [6.45, 7) is 4.13. The third kappa shape index (κ3) is 4.14. The number of aryl methyl sites for hydroxylation is 2. The van der Waals surface area contributed by atoms with Crippen LogP contribution < -0.4 is 5.32 Å². The lowest BCUT2D eigenvalue weighted by Gasteiger charge is -2.07. The highest BCUT2D eigenvalue weighted by molar-refractivity contribution is 8.00. The molecule has 0 heterocycles. The summed E-state index contributed by atoms with van der Waals surface area (Å²) >= 11 is 1.58. The molecule has 0 saturated carbocycles. The smallest absolute Gasteiger partial charge is 0.234 e. The number of benzene rings is 2. The van der Waals surface area contributed by atoms with Gasteiger partial charge in [-0.1, -0.05) is 35.9 Å². The zero-order chi connectivity index (χ0) is 13.7. The van der Waals surface area contributed by atoms with E-state index in [-0.39, 0.29) is 5.91 Å². The Bertz CT molecular complexity index is 566. The van der Waals surface area contributed by atoms with Crippen molar-refractivity contribution in [2.45, 2.75) is 18.7 Å². The minimum atomic E-state index is 0.0251. The Morgan fingerprint density at radius 3 is 2.58 bits per heavy atom. The molecule has 1 N–H and O–H groups in total. The summed E-state index contributed by atoms with van der Waals surface area (Å²) in [5, 5.41) is 2.89. The highest BCUT2D eigenvalue weighted by Crippen LogP contribution is 2.23. The second-order valence-corrected chi connectivity index (χ2v) is 5.49. The van der Waals surface area contributed by atoms with Crippen molar-refractivity contribution < 1.29 is 4.79 Å². The van der Waals surface area contributed by atoms with Crippen LogP contribution >= 0.6 is 11.8 Å². The van der Waals surface area contributed by atoms with Crippen molar-refractivity contribution >= 4 is 23.4 Å². The van der Waals surface area contributed by atoms with E-state index in [0.29, 0.717) is 5.75 Å². The minimum Gasteiger partial charge on any atom is -0.325 e. The molecule has 0 saturated heterocycles. The molecule has 2 rings (SSSR count). The second-order valence-electron chi connectivity index (χ2n) is 4.47. The maximum atomic E-state index is 11.9. The van der Waals surface area contributed by atoms with Crippen LogP contribution in [0, 0.1) is 13.8 Å². The summed E-state index contributed by atoms with van der Waals surface area (Å²) in [5.74, 6) is 0.455. The van der Waals surface area contributed by atoms with Gasteiger partial charge in [0.25, 0.3) is 0 Å². The van der Waals surface area contributed by atoms with Crippen LogP contribution in [0.15, 0.2) is 53.4 Å². The first-order valence-corrected chi connectivity index (χ1v) is 7.18. The third-order valence-electron chi connectivity index (χ3n) is 2.76. The summed E-state index contributed by atoms with van der Waals surface area (Å²) in [4.78, 5) is 13.0. The Morgan fingerprint density at radius 2 is 1.84 bits per heavy atom. The number of hydrogen-bond donors (Lipinski definition) is 1. The van der Waals surface area contributed by atoms with Gasteiger partial charge in [-0.05, 0) is 37.6 Å². The van der Waals surface area contributed by atoms with Crippen LogP contribution in [0.4, 0.5) is 5.69 Å². The van der Waals surface area contributed by atoms with Crippen LogP contribution in [0.3, 0.4) is 0 Å². The van der Waals surface area contributed by atoms with E-state index in [1.54, 1.807) is 11.8 Å². The van der Waals surface area contributed by atoms with E-state index in [1.807, 2.05) is 30.3 Å². The lowest BCUT2D eigenvalue weighted by Crippen LogP contribution is -2.13. The quantitative estimate of drug-likeness (QED) is 0.850. The predicted octanol–water partition coefficient (Wildman–Crippen LogP) is 4.03. The highest BCUT2D eigenvalue weighted by atomic mass is 32.2. The van der Waals surface area contributed by atoms with Crippen LogP contribution in [0.2, 0.25) is 0 Å². The Balaban J connectivity index is 1.92. The molecule has 1 amide bonds. The van der Waals surface area contributed by atoms with Crippen molar-refractivity contribution in [1.29, 1.82) is 0 Å². The van der Waals surface area contributed by atoms with Crippen molar-refractivity contribution in [1.82, 2.24) is 0 Å². The number of nitrogens with one attached hydrogen (secondary N) is 1. The molecule has 0 bridgehead atoms. The molecule has 98 valence electrons. The Morgan fingerprint density at radius 1 is 1.11 bits per heavy atom. The first kappa shape index (κ1) is 13.7. The number of carbonyl (C=O) groups is 1. The molecule has 2 nitrogen and oxygen atoms in total. The highest BCUT2D eigenvalue weighted by Gasteiger charge is 2.05. The Labute approximate surface area is 118 Å². The summed E-state index contributed by atoms with van der Waals surface area (Å²) in [6, 6.07) is 15.8. The number of amides is 1. The lowest BCUT2D eigenvalue weighted by atomic mass is 10.2. The van der Waals surface area contributed by atoms with E-state index >= 15 is 0 Å². The van der Waals surface area contributed by atoms with E-state index in [1.165, 1.54) is 16.0 Å². The fraction of sp³-hybridized carbons (Fsp3) is 0.188. The number of hydrogen-bond acceptors (Lipinski definition) is 2. The number of thioether (sulfide) groups is 1. The van der Waals surface area contributed by atoms with Gasteiger partial charge in [0.2, 0.25) is 5.91 Å². The lowest BCUT2D eigenvalue weighted by molar-refractivity contribution is -0.113. The summed E-state index contributed by atoms with van der Waals surface area (Å²) in [6.07, 6.45) is 0. The minimum absolute atomic E-state index is 0.0251. The molecule has 0 aromatic heterocycles. The maximum absolute atomic E-state index is 11.9. The molecular formula is C16H17NOS. The van der Waals surface area contributed by atoms with E-state index in [4.69, 9.17) is 0 Å². The predicted molar refractivity (Wildman–Crippen MR) is 81.7 cm³/mol. The Hall–Kier alpha value is -1.74. The van der Waals surface area contributed by atoms with Crippen molar-refractivity contribution in [2.24, 2.45) is 0 Å². The molecule has 0 spiro atoms. The molecule has 2 aromatic carbocycles. The van der Waals surface area contributed by atoms with Crippen LogP contribution in [0.5, 0.6) is 0 Å². The monoisotopic (exact) mass is 271 g/mol. The van der Waals surface area contributed by atoms with E-state index in [9.17, 15) is 4.79 Å². The van der Waals surface area contributed by atoms with Crippen LogP contribution in [0.25, 0.3) is 0 Å². The first-order chi connectivity index (χ1) is 9.15. The Kier molecular flexibility index (Phi) is 4.63. The normalized spacial score (nSPS) is 10.2. The topological polar surface area (TPSA) is 29.1 Å². The maximum Gasteiger partial charge on any atom is 0.234 e. The van der Waals surface area contributed by atoms with Gasteiger partial charge in [-0.2, -0.15) is 0 Å². The fourth-order valence-corrected chi connectivity index (χ4v) is 2.65. The second kappa shape index (κ2) is 6.43. The molecule has 0 fully saturated rings. The van der Waals surface area contributed by atoms with Crippen molar-refractivity contribution in [3.05, 3.63) is 59.7 Å². The van der Waals surface area contributed by atoms with Gasteiger partial charge in [-0.15, -0.1) is 11.8 Å². The van der Waals surface area contributed by atoms with E-state index in [2.05, 4.69) is 37.4 Å². The van der Waals surface area contributed by atoms with Gasteiger partial charge in [-0.25, -0.2) is 0 Å². The van der Waals surface area contributed by atoms with Gasteiger partial charge >= 0.3 is 0 Å². The van der Waals surface area contributed by atoms with Crippen LogP contribution in [0.1, 0.15) is 11.1 Å². The fourth-order valence-electron chi connectivity index (χ4n) is 1.72. The molecule has 0 unspecified atom stereocenters. The molecule has 0 atom stereocenters. The molecule has 19 heavy (non-hydrogen) atoms. The van der Waals surface area contributed by atoms with Crippen LogP contribution in [-0.4, -0.2) is 11.7 Å². The summed E-state index contributed by atoms with van der Waals surface area (Å²) in [5.41, 5.74) is 3.27. The van der Waals surface area contributed by atoms with Gasteiger partial charge in [0.05, 0.1) is 5.75 Å². The largest absolute Gasteiger partial charge is 0.325 e. The molecule has 0 aliphatic carbocycles. The van der Waals surface area contributed by atoms with Crippen molar-refractivity contribution in [3.8, 4) is 0 Å². The van der Waals surface area contributed by atoms with Crippen molar-refractivity contribution in [3.63, 3.8) is 0 Å². The van der Waals surface area contributed by atoms with Crippen LogP contribution in [-0.2, 0) is 4.79 Å². The number of carbonyl (C=O) groups excluding carboxylic acids is 1. The molecule has 3 heteroatoms. The molecule has 0 radical (unpaired) electrons. The molecule has 2 aromatic rings. The van der Waals surface area contributed by atoms with Crippen molar-refractivity contribution in [2.75, 3.05) is 11.1 Å². The molecule has 0 aliphatic heterocycles. The number of anilines is 1. The van der Waals surface area contributed by atoms with Gasteiger partial charge in [-0.3, -0.25) is 4.79 Å². The van der Waals surface area contributed by atoms with Gasteiger partial charge in [0, 0.05) is 10.6 Å². The van der Waals surface area contributed by atoms with E-state index in [0.717, 1.165) is 5.69 Å². The zero-order valence-corrected chi connectivity index (χ0v) is 12.0. The molecular weight excluding hydrogens is 254 g/mol. The van der Waals surface area contributed by atoms with Gasteiger partial charge < -0.3 is 5.32 Å². The first-order valence-electron chi connectivity index (χ1n) is 6.20. The summed E-state index contributed by atoms with van der Waals surface area (Å²) < 4.78 is 0. The third-order valence-corrected chi connectivity index (χ3v) is 3.92. The SMILES string of the molecule is Cc1ccc(C)c(SCC(=O)Nc2ccccc2)c1. The van der Waals surface area contributed by atoms with Gasteiger partial charge in [0.15, 0.2) is 0 Å². The number of rotatable bonds is 4. The average molecular weight is 271 g/mol. The molecule has 0 aliphatic rings. The van der Waals surface area contributed by atoms with E-state index < -0.39 is 0 Å².